The van der Waals surface area contributed by atoms with Gasteiger partial charge in [-0.3, -0.25) is 4.79 Å². The molecule has 1 N–H and O–H groups in total. The first-order valence-electron chi connectivity index (χ1n) is 6.73. The predicted octanol–water partition coefficient (Wildman–Crippen LogP) is 2.56. The van der Waals surface area contributed by atoms with Crippen LogP contribution in [-0.2, 0) is 11.2 Å². The molecular formula is C14H23ClN2OS. The molecular weight excluding hydrogens is 280 g/mol. The Morgan fingerprint density at radius 2 is 2.42 bits per heavy atom. The minimum absolute atomic E-state index is 0. The quantitative estimate of drug-likeness (QED) is 0.906. The molecule has 3 nitrogen and oxygen atoms in total. The van der Waals surface area contributed by atoms with E-state index in [0.717, 1.165) is 32.5 Å². The zero-order chi connectivity index (χ0) is 12.8. The van der Waals surface area contributed by atoms with Crippen LogP contribution >= 0.6 is 23.7 Å². The average molecular weight is 303 g/mol. The maximum atomic E-state index is 12.2. The lowest BCUT2D eigenvalue weighted by Gasteiger charge is -2.32. The number of nitrogens with one attached hydrogen (secondary N) is 1. The molecule has 1 fully saturated rings. The Kier molecular flexibility index (Phi) is 7.42. The van der Waals surface area contributed by atoms with Crippen LogP contribution in [0.3, 0.4) is 0 Å². The monoisotopic (exact) mass is 302 g/mol. The van der Waals surface area contributed by atoms with Crippen molar-refractivity contribution in [2.75, 3.05) is 26.7 Å². The number of rotatable bonds is 5. The van der Waals surface area contributed by atoms with Gasteiger partial charge in [0.15, 0.2) is 0 Å². The molecule has 1 aromatic rings. The van der Waals surface area contributed by atoms with Crippen LogP contribution in [0, 0.1) is 5.92 Å². The third-order valence-corrected chi connectivity index (χ3v) is 4.30. The fourth-order valence-corrected chi connectivity index (χ4v) is 3.29. The number of thiophene rings is 1. The van der Waals surface area contributed by atoms with Gasteiger partial charge in [-0.15, -0.1) is 12.4 Å². The van der Waals surface area contributed by atoms with Gasteiger partial charge in [-0.25, -0.2) is 0 Å². The second-order valence-corrected chi connectivity index (χ2v) is 5.82. The lowest BCUT2D eigenvalue weighted by molar-refractivity contribution is -0.132. The van der Waals surface area contributed by atoms with Gasteiger partial charge in [0.2, 0.25) is 5.91 Å². The Bertz CT molecular complexity index is 368. The van der Waals surface area contributed by atoms with E-state index >= 15 is 0 Å². The topological polar surface area (TPSA) is 32.3 Å². The molecule has 1 atom stereocenters. The van der Waals surface area contributed by atoms with Gasteiger partial charge in [-0.1, -0.05) is 0 Å². The predicted molar refractivity (Wildman–Crippen MR) is 83.1 cm³/mol. The highest BCUT2D eigenvalue weighted by Crippen LogP contribution is 2.17. The molecule has 0 saturated carbocycles. The van der Waals surface area contributed by atoms with E-state index in [4.69, 9.17) is 0 Å². The van der Waals surface area contributed by atoms with Crippen molar-refractivity contribution >= 4 is 29.7 Å². The van der Waals surface area contributed by atoms with Crippen molar-refractivity contribution in [3.63, 3.8) is 0 Å². The van der Waals surface area contributed by atoms with Gasteiger partial charge in [-0.05, 0) is 61.2 Å². The summed E-state index contributed by atoms with van der Waals surface area (Å²) in [6.07, 6.45) is 3.93. The SMILES string of the molecule is CNCC1CCCN(C(=O)CCc2ccsc2)C1.Cl. The summed E-state index contributed by atoms with van der Waals surface area (Å²) in [5, 5.41) is 7.42. The van der Waals surface area contributed by atoms with Crippen LogP contribution in [0.1, 0.15) is 24.8 Å². The molecule has 1 unspecified atom stereocenters. The van der Waals surface area contributed by atoms with Crippen LogP contribution in [0.4, 0.5) is 0 Å². The van der Waals surface area contributed by atoms with Crippen molar-refractivity contribution in [1.29, 1.82) is 0 Å². The molecule has 0 spiro atoms. The molecule has 1 aliphatic rings. The molecule has 2 heterocycles. The third-order valence-electron chi connectivity index (χ3n) is 3.57. The van der Waals surface area contributed by atoms with Gasteiger partial charge in [0.05, 0.1) is 0 Å². The van der Waals surface area contributed by atoms with Crippen LogP contribution in [0.2, 0.25) is 0 Å². The van der Waals surface area contributed by atoms with Gasteiger partial charge in [0.1, 0.15) is 0 Å². The van der Waals surface area contributed by atoms with Gasteiger partial charge < -0.3 is 10.2 Å². The van der Waals surface area contributed by atoms with Crippen LogP contribution < -0.4 is 5.32 Å². The van der Waals surface area contributed by atoms with Crippen molar-refractivity contribution in [3.8, 4) is 0 Å². The Morgan fingerprint density at radius 1 is 1.58 bits per heavy atom. The highest BCUT2D eigenvalue weighted by molar-refractivity contribution is 7.07. The molecule has 0 aliphatic carbocycles. The van der Waals surface area contributed by atoms with E-state index < -0.39 is 0 Å². The minimum atomic E-state index is 0. The smallest absolute Gasteiger partial charge is 0.222 e. The minimum Gasteiger partial charge on any atom is -0.342 e. The number of likely N-dealkylation sites (tertiary alicyclic amines) is 1. The number of halogens is 1. The zero-order valence-corrected chi connectivity index (χ0v) is 13.1. The maximum Gasteiger partial charge on any atom is 0.222 e. The summed E-state index contributed by atoms with van der Waals surface area (Å²) in [7, 11) is 1.98. The van der Waals surface area contributed by atoms with E-state index in [1.54, 1.807) is 11.3 Å². The van der Waals surface area contributed by atoms with E-state index in [0.29, 0.717) is 18.2 Å². The Labute approximate surface area is 125 Å². The Hall–Kier alpha value is -0.580. The van der Waals surface area contributed by atoms with Crippen molar-refractivity contribution < 1.29 is 4.79 Å². The molecule has 108 valence electrons. The van der Waals surface area contributed by atoms with Gasteiger partial charge in [0, 0.05) is 19.5 Å². The lowest BCUT2D eigenvalue weighted by Crippen LogP contribution is -2.42. The summed E-state index contributed by atoms with van der Waals surface area (Å²) in [5.41, 5.74) is 1.29. The fraction of sp³-hybridized carbons (Fsp3) is 0.643. The van der Waals surface area contributed by atoms with Crippen LogP contribution in [0.5, 0.6) is 0 Å². The Balaban J connectivity index is 0.00000180. The summed E-state index contributed by atoms with van der Waals surface area (Å²) in [6.45, 7) is 2.90. The summed E-state index contributed by atoms with van der Waals surface area (Å²) in [6, 6.07) is 2.11. The molecule has 19 heavy (non-hydrogen) atoms. The first-order chi connectivity index (χ1) is 8.79. The highest BCUT2D eigenvalue weighted by Gasteiger charge is 2.22. The van der Waals surface area contributed by atoms with Crippen molar-refractivity contribution in [2.45, 2.75) is 25.7 Å². The van der Waals surface area contributed by atoms with E-state index in [1.165, 1.54) is 12.0 Å². The second kappa shape index (κ2) is 8.56. The summed E-state index contributed by atoms with van der Waals surface area (Å²) in [5.74, 6) is 0.954. The normalized spacial score (nSPS) is 19.0. The van der Waals surface area contributed by atoms with Crippen molar-refractivity contribution in [2.24, 2.45) is 5.92 Å². The molecule has 1 saturated heterocycles. The number of amides is 1. The molecule has 0 aromatic carbocycles. The average Bonchev–Trinajstić information content (AvgIpc) is 2.90. The molecule has 1 aromatic heterocycles. The number of hydrogen-bond donors (Lipinski definition) is 1. The molecule has 1 aliphatic heterocycles. The van der Waals surface area contributed by atoms with Gasteiger partial charge in [0.25, 0.3) is 0 Å². The van der Waals surface area contributed by atoms with E-state index in [2.05, 4.69) is 27.0 Å². The molecule has 0 radical (unpaired) electrons. The van der Waals surface area contributed by atoms with E-state index in [1.807, 2.05) is 7.05 Å². The maximum absolute atomic E-state index is 12.2. The number of piperidine rings is 1. The highest BCUT2D eigenvalue weighted by atomic mass is 35.5. The second-order valence-electron chi connectivity index (χ2n) is 5.04. The third kappa shape index (κ3) is 5.13. The van der Waals surface area contributed by atoms with Crippen molar-refractivity contribution in [3.05, 3.63) is 22.4 Å². The molecule has 2 rings (SSSR count). The standard InChI is InChI=1S/C14H22N2OS.ClH/c1-15-9-13-3-2-7-16(10-13)14(17)5-4-12-6-8-18-11-12;/h6,8,11,13,15H,2-5,7,9-10H2,1H3;1H. The van der Waals surface area contributed by atoms with E-state index in [9.17, 15) is 4.79 Å². The first-order valence-corrected chi connectivity index (χ1v) is 7.67. The van der Waals surface area contributed by atoms with E-state index in [-0.39, 0.29) is 12.4 Å². The Morgan fingerprint density at radius 3 is 3.11 bits per heavy atom. The molecule has 1 amide bonds. The van der Waals surface area contributed by atoms with Crippen LogP contribution in [-0.4, -0.2) is 37.5 Å². The largest absolute Gasteiger partial charge is 0.342 e. The van der Waals surface area contributed by atoms with Crippen molar-refractivity contribution in [1.82, 2.24) is 10.2 Å². The number of aryl methyl sites for hydroxylation is 1. The zero-order valence-electron chi connectivity index (χ0n) is 11.4. The number of carbonyl (C=O) groups excluding carboxylic acids is 1. The first kappa shape index (κ1) is 16.5. The van der Waals surface area contributed by atoms with Crippen LogP contribution in [0.25, 0.3) is 0 Å². The summed E-state index contributed by atoms with van der Waals surface area (Å²) in [4.78, 5) is 14.2. The lowest BCUT2D eigenvalue weighted by atomic mass is 9.97. The van der Waals surface area contributed by atoms with Gasteiger partial charge in [-0.2, -0.15) is 11.3 Å². The summed E-state index contributed by atoms with van der Waals surface area (Å²) >= 11 is 1.70. The summed E-state index contributed by atoms with van der Waals surface area (Å²) < 4.78 is 0. The number of hydrogen-bond acceptors (Lipinski definition) is 3. The van der Waals surface area contributed by atoms with Crippen LogP contribution in [0.15, 0.2) is 16.8 Å². The fourth-order valence-electron chi connectivity index (χ4n) is 2.59. The number of nitrogens with zero attached hydrogens (tertiary/aromatic N) is 1. The van der Waals surface area contributed by atoms with Gasteiger partial charge >= 0.3 is 0 Å². The molecule has 5 heteroatoms. The number of carbonyl (C=O) groups is 1. The molecule has 0 bridgehead atoms.